The third-order valence-corrected chi connectivity index (χ3v) is 8.54. The normalized spacial score (nSPS) is 28.3. The molecule has 1 aromatic heterocycles. The minimum Gasteiger partial charge on any atom is -0.381 e. The molecule has 3 fully saturated rings. The lowest BCUT2D eigenvalue weighted by Gasteiger charge is -2.50. The van der Waals surface area contributed by atoms with Gasteiger partial charge in [-0.2, -0.15) is 5.10 Å². The van der Waals surface area contributed by atoms with E-state index in [0.717, 1.165) is 36.9 Å². The third kappa shape index (κ3) is 2.80. The summed E-state index contributed by atoms with van der Waals surface area (Å²) in [5.74, 6) is 1.21. The van der Waals surface area contributed by atoms with Crippen LogP contribution in [0.5, 0.6) is 0 Å². The second-order valence-corrected chi connectivity index (χ2v) is 10.3. The van der Waals surface area contributed by atoms with Crippen LogP contribution in [0.3, 0.4) is 0 Å². The number of ether oxygens (including phenoxy) is 1. The van der Waals surface area contributed by atoms with Gasteiger partial charge in [0, 0.05) is 39.2 Å². The molecule has 1 spiro atoms. The number of aromatic nitrogens is 2. The summed E-state index contributed by atoms with van der Waals surface area (Å²) in [7, 11) is -1.07. The molecule has 0 bridgehead atoms. The molecule has 1 aliphatic carbocycles. The quantitative estimate of drug-likeness (QED) is 0.767. The van der Waals surface area contributed by atoms with Crippen molar-refractivity contribution in [2.75, 3.05) is 32.1 Å². The van der Waals surface area contributed by atoms with E-state index >= 15 is 0 Å². The Morgan fingerprint density at radius 2 is 2.04 bits per heavy atom. The molecule has 134 valence electrons. The van der Waals surface area contributed by atoms with Gasteiger partial charge in [-0.1, -0.05) is 0 Å². The van der Waals surface area contributed by atoms with Crippen LogP contribution in [0.1, 0.15) is 30.7 Å². The number of sulfone groups is 1. The highest BCUT2D eigenvalue weighted by molar-refractivity contribution is 7.93. The number of aryl methyl sites for hydroxylation is 2. The van der Waals surface area contributed by atoms with E-state index in [4.69, 9.17) is 4.74 Å². The van der Waals surface area contributed by atoms with E-state index in [9.17, 15) is 8.42 Å². The summed E-state index contributed by atoms with van der Waals surface area (Å²) in [6.07, 6.45) is 3.30. The molecule has 2 aliphatic heterocycles. The largest absolute Gasteiger partial charge is 0.381 e. The van der Waals surface area contributed by atoms with Gasteiger partial charge in [-0.25, -0.2) is 8.42 Å². The highest BCUT2D eigenvalue weighted by Gasteiger charge is 2.61. The molecule has 6 nitrogen and oxygen atoms in total. The maximum absolute atomic E-state index is 12.7. The standard InChI is InChI=1S/C17H27N3O3S/c1-13-7-16(19(2)18-13)8-20-11-17(12-20)15(5-6-24(17,21)22)10-23-9-14-3-4-14/h7,14-15H,3-6,8-12H2,1-2H3/t15-/m1/s1. The van der Waals surface area contributed by atoms with Crippen molar-refractivity contribution < 1.29 is 13.2 Å². The first kappa shape index (κ1) is 16.5. The van der Waals surface area contributed by atoms with Crippen LogP contribution < -0.4 is 0 Å². The molecule has 0 radical (unpaired) electrons. The highest BCUT2D eigenvalue weighted by Crippen LogP contribution is 2.45. The van der Waals surface area contributed by atoms with Crippen molar-refractivity contribution in [1.29, 1.82) is 0 Å². The lowest BCUT2D eigenvalue weighted by atomic mass is 9.83. The highest BCUT2D eigenvalue weighted by atomic mass is 32.2. The van der Waals surface area contributed by atoms with Crippen molar-refractivity contribution in [3.8, 4) is 0 Å². The summed E-state index contributed by atoms with van der Waals surface area (Å²) in [4.78, 5) is 2.23. The molecule has 1 saturated carbocycles. The zero-order valence-electron chi connectivity index (χ0n) is 14.6. The summed E-state index contributed by atoms with van der Waals surface area (Å²) in [6, 6.07) is 2.07. The van der Waals surface area contributed by atoms with Crippen molar-refractivity contribution in [1.82, 2.24) is 14.7 Å². The van der Waals surface area contributed by atoms with Crippen LogP contribution in [0.15, 0.2) is 6.07 Å². The Kier molecular flexibility index (Phi) is 4.01. The zero-order valence-corrected chi connectivity index (χ0v) is 15.4. The van der Waals surface area contributed by atoms with Crippen LogP contribution in [0.25, 0.3) is 0 Å². The van der Waals surface area contributed by atoms with Crippen molar-refractivity contribution in [2.24, 2.45) is 18.9 Å². The molecule has 0 N–H and O–H groups in total. The van der Waals surface area contributed by atoms with E-state index in [1.54, 1.807) is 0 Å². The van der Waals surface area contributed by atoms with Crippen molar-refractivity contribution in [3.05, 3.63) is 17.5 Å². The van der Waals surface area contributed by atoms with Gasteiger partial charge in [-0.3, -0.25) is 9.58 Å². The van der Waals surface area contributed by atoms with Gasteiger partial charge in [0.25, 0.3) is 0 Å². The zero-order chi connectivity index (χ0) is 16.9. The van der Waals surface area contributed by atoms with E-state index in [1.165, 1.54) is 12.8 Å². The molecule has 7 heteroatoms. The first-order valence-electron chi connectivity index (χ1n) is 8.91. The molecule has 3 aliphatic rings. The minimum absolute atomic E-state index is 0.158. The number of hydrogen-bond donors (Lipinski definition) is 0. The van der Waals surface area contributed by atoms with Gasteiger partial charge in [0.2, 0.25) is 0 Å². The van der Waals surface area contributed by atoms with Crippen LogP contribution >= 0.6 is 0 Å². The Labute approximate surface area is 144 Å². The summed E-state index contributed by atoms with van der Waals surface area (Å²) < 4.78 is 32.5. The molecule has 4 rings (SSSR count). The second kappa shape index (κ2) is 5.81. The van der Waals surface area contributed by atoms with Crippen molar-refractivity contribution in [3.63, 3.8) is 0 Å². The molecular formula is C17H27N3O3S. The van der Waals surface area contributed by atoms with Gasteiger partial charge >= 0.3 is 0 Å². The molecule has 2 saturated heterocycles. The molecular weight excluding hydrogens is 326 g/mol. The summed E-state index contributed by atoms with van der Waals surface area (Å²) in [6.45, 7) is 5.44. The molecule has 3 heterocycles. The molecule has 0 unspecified atom stereocenters. The van der Waals surface area contributed by atoms with Gasteiger partial charge in [-0.15, -0.1) is 0 Å². The molecule has 1 atom stereocenters. The van der Waals surface area contributed by atoms with Gasteiger partial charge in [0.15, 0.2) is 9.84 Å². The second-order valence-electron chi connectivity index (χ2n) is 7.90. The topological polar surface area (TPSA) is 64.4 Å². The van der Waals surface area contributed by atoms with E-state index in [0.29, 0.717) is 25.4 Å². The van der Waals surface area contributed by atoms with E-state index in [-0.39, 0.29) is 5.92 Å². The monoisotopic (exact) mass is 353 g/mol. The van der Waals surface area contributed by atoms with Gasteiger partial charge in [-0.05, 0) is 38.2 Å². The van der Waals surface area contributed by atoms with Crippen molar-refractivity contribution >= 4 is 9.84 Å². The van der Waals surface area contributed by atoms with Crippen LogP contribution in [0.2, 0.25) is 0 Å². The lowest BCUT2D eigenvalue weighted by molar-refractivity contribution is 0.0218. The average molecular weight is 353 g/mol. The Morgan fingerprint density at radius 1 is 1.29 bits per heavy atom. The summed E-state index contributed by atoms with van der Waals surface area (Å²) in [5, 5.41) is 4.37. The van der Waals surface area contributed by atoms with Crippen molar-refractivity contribution in [2.45, 2.75) is 37.5 Å². The predicted octanol–water partition coefficient (Wildman–Crippen LogP) is 1.14. The Balaban J connectivity index is 1.40. The van der Waals surface area contributed by atoms with Crippen LogP contribution in [0, 0.1) is 18.8 Å². The fourth-order valence-electron chi connectivity index (χ4n) is 4.23. The fourth-order valence-corrected chi connectivity index (χ4v) is 6.69. The number of hydrogen-bond acceptors (Lipinski definition) is 5. The SMILES string of the molecule is Cc1cc(CN2CC3(C2)[C@@H](COCC2CC2)CCS3(=O)=O)n(C)n1. The van der Waals surface area contributed by atoms with Crippen LogP contribution in [-0.2, 0) is 28.2 Å². The van der Waals surface area contributed by atoms with Gasteiger partial charge < -0.3 is 4.74 Å². The number of nitrogens with zero attached hydrogens (tertiary/aromatic N) is 3. The predicted molar refractivity (Wildman–Crippen MR) is 91.4 cm³/mol. The third-order valence-electron chi connectivity index (χ3n) is 5.93. The Bertz CT molecular complexity index is 717. The van der Waals surface area contributed by atoms with Crippen LogP contribution in [-0.4, -0.2) is 59.9 Å². The Hall–Kier alpha value is -0.920. The first-order chi connectivity index (χ1) is 11.4. The van der Waals surface area contributed by atoms with E-state index in [1.807, 2.05) is 18.7 Å². The van der Waals surface area contributed by atoms with E-state index in [2.05, 4.69) is 16.1 Å². The summed E-state index contributed by atoms with van der Waals surface area (Å²) >= 11 is 0. The lowest BCUT2D eigenvalue weighted by Crippen LogP contribution is -2.67. The molecule has 24 heavy (non-hydrogen) atoms. The maximum atomic E-state index is 12.7. The minimum atomic E-state index is -3.01. The molecule has 1 aromatic rings. The van der Waals surface area contributed by atoms with Crippen LogP contribution in [0.4, 0.5) is 0 Å². The smallest absolute Gasteiger partial charge is 0.158 e. The Morgan fingerprint density at radius 3 is 2.67 bits per heavy atom. The molecule has 0 amide bonds. The number of likely N-dealkylation sites (tertiary alicyclic amines) is 1. The first-order valence-corrected chi connectivity index (χ1v) is 10.6. The number of rotatable bonds is 6. The van der Waals surface area contributed by atoms with E-state index < -0.39 is 14.6 Å². The average Bonchev–Trinajstić information content (AvgIpc) is 3.17. The molecule has 0 aromatic carbocycles. The van der Waals surface area contributed by atoms with Gasteiger partial charge in [0.1, 0.15) is 4.75 Å². The fraction of sp³-hybridized carbons (Fsp3) is 0.824. The van der Waals surface area contributed by atoms with Gasteiger partial charge in [0.05, 0.1) is 23.7 Å². The maximum Gasteiger partial charge on any atom is 0.158 e. The summed E-state index contributed by atoms with van der Waals surface area (Å²) in [5.41, 5.74) is 2.14.